The van der Waals surface area contributed by atoms with Crippen molar-refractivity contribution in [2.75, 3.05) is 32.7 Å². The average molecular weight is 465 g/mol. The second-order valence-electron chi connectivity index (χ2n) is 8.21. The molecule has 0 radical (unpaired) electrons. The maximum absolute atomic E-state index is 12.9. The molecule has 2 amide bonds. The molecule has 0 bridgehead atoms. The van der Waals surface area contributed by atoms with Gasteiger partial charge in [-0.2, -0.15) is 0 Å². The van der Waals surface area contributed by atoms with Crippen molar-refractivity contribution in [3.05, 3.63) is 59.7 Å². The monoisotopic (exact) mass is 464 g/mol. The third-order valence-corrected chi connectivity index (χ3v) is 5.78. The molecule has 0 saturated carbocycles. The number of imidazole rings is 1. The van der Waals surface area contributed by atoms with Gasteiger partial charge in [0.2, 0.25) is 5.91 Å². The van der Waals surface area contributed by atoms with Crippen molar-refractivity contribution in [3.8, 4) is 0 Å². The number of fused-ring (bicyclic) bond motifs is 1. The molecule has 3 N–H and O–H groups in total. The quantitative estimate of drug-likeness (QED) is 0.432. The fourth-order valence-electron chi connectivity index (χ4n) is 4.03. The van der Waals surface area contributed by atoms with E-state index < -0.39 is 5.97 Å². The Kier molecular flexibility index (Phi) is 7.48. The van der Waals surface area contributed by atoms with Crippen molar-refractivity contribution < 1.29 is 19.5 Å². The molecule has 10 nitrogen and oxygen atoms in total. The van der Waals surface area contributed by atoms with E-state index in [4.69, 9.17) is 10.1 Å². The number of carboxylic acids is 1. The standard InChI is InChI=1S/C24H28N6O4/c31-22(5-6-23(32)33)27-9-7-21-28-19-14-18(24(34)29-12-10-25-11-13-29)3-4-20(19)30(21)16-17-2-1-8-26-15-17/h1-4,8,14-15,25H,5-7,9-13,16H2,(H,27,31)(H,32,33). The van der Waals surface area contributed by atoms with Gasteiger partial charge in [-0.15, -0.1) is 0 Å². The number of nitrogens with one attached hydrogen (secondary N) is 2. The number of carbonyl (C=O) groups excluding carboxylic acids is 2. The summed E-state index contributed by atoms with van der Waals surface area (Å²) in [6, 6.07) is 9.45. The van der Waals surface area contributed by atoms with Crippen LogP contribution in [0.25, 0.3) is 11.0 Å². The number of aliphatic carboxylic acids is 1. The summed E-state index contributed by atoms with van der Waals surface area (Å²) in [5.74, 6) is -0.539. The van der Waals surface area contributed by atoms with Gasteiger partial charge in [0, 0.05) is 63.5 Å². The Morgan fingerprint density at radius 2 is 1.94 bits per heavy atom. The zero-order valence-corrected chi connectivity index (χ0v) is 18.9. The van der Waals surface area contributed by atoms with Crippen molar-refractivity contribution in [1.29, 1.82) is 0 Å². The molecule has 1 fully saturated rings. The van der Waals surface area contributed by atoms with Crippen molar-refractivity contribution in [3.63, 3.8) is 0 Å². The van der Waals surface area contributed by atoms with Crippen LogP contribution in [0.3, 0.4) is 0 Å². The van der Waals surface area contributed by atoms with E-state index in [1.54, 1.807) is 12.4 Å². The molecule has 10 heteroatoms. The molecule has 1 aromatic carbocycles. The molecular formula is C24H28N6O4. The number of hydrogen-bond donors (Lipinski definition) is 3. The van der Waals surface area contributed by atoms with E-state index in [-0.39, 0.29) is 24.7 Å². The first-order valence-electron chi connectivity index (χ1n) is 11.4. The molecule has 178 valence electrons. The number of benzene rings is 1. The summed E-state index contributed by atoms with van der Waals surface area (Å²) >= 11 is 0. The van der Waals surface area contributed by atoms with E-state index >= 15 is 0 Å². The van der Waals surface area contributed by atoms with E-state index in [9.17, 15) is 14.4 Å². The lowest BCUT2D eigenvalue weighted by molar-refractivity contribution is -0.138. The van der Waals surface area contributed by atoms with Crippen molar-refractivity contribution >= 4 is 28.8 Å². The van der Waals surface area contributed by atoms with Crippen LogP contribution in [0.15, 0.2) is 42.7 Å². The predicted octanol–water partition coefficient (Wildman–Crippen LogP) is 1.05. The van der Waals surface area contributed by atoms with E-state index in [1.807, 2.05) is 35.2 Å². The lowest BCUT2D eigenvalue weighted by atomic mass is 10.1. The minimum atomic E-state index is -1.00. The molecule has 0 unspecified atom stereocenters. The molecule has 0 atom stereocenters. The van der Waals surface area contributed by atoms with E-state index in [0.29, 0.717) is 38.2 Å². The average Bonchev–Trinajstić information content (AvgIpc) is 3.19. The van der Waals surface area contributed by atoms with Crippen LogP contribution < -0.4 is 10.6 Å². The number of piperazine rings is 1. The lowest BCUT2D eigenvalue weighted by Crippen LogP contribution is -2.46. The Morgan fingerprint density at radius 1 is 1.12 bits per heavy atom. The first-order chi connectivity index (χ1) is 16.5. The molecule has 1 saturated heterocycles. The number of pyridine rings is 1. The molecule has 4 rings (SSSR count). The van der Waals surface area contributed by atoms with Gasteiger partial charge < -0.3 is 25.2 Å². The molecule has 0 spiro atoms. The lowest BCUT2D eigenvalue weighted by Gasteiger charge is -2.27. The first kappa shape index (κ1) is 23.4. The van der Waals surface area contributed by atoms with Crippen LogP contribution in [0.5, 0.6) is 0 Å². The van der Waals surface area contributed by atoms with Crippen LogP contribution in [-0.2, 0) is 22.6 Å². The topological polar surface area (TPSA) is 129 Å². The minimum Gasteiger partial charge on any atom is -0.481 e. The third kappa shape index (κ3) is 5.76. The van der Waals surface area contributed by atoms with Crippen LogP contribution >= 0.6 is 0 Å². The second-order valence-corrected chi connectivity index (χ2v) is 8.21. The summed E-state index contributed by atoms with van der Waals surface area (Å²) in [6.07, 6.45) is 3.73. The van der Waals surface area contributed by atoms with Crippen LogP contribution in [0.2, 0.25) is 0 Å². The van der Waals surface area contributed by atoms with Gasteiger partial charge in [0.05, 0.1) is 24.0 Å². The number of rotatable bonds is 9. The highest BCUT2D eigenvalue weighted by Crippen LogP contribution is 2.21. The van der Waals surface area contributed by atoms with Gasteiger partial charge in [-0.3, -0.25) is 19.4 Å². The van der Waals surface area contributed by atoms with Crippen LogP contribution in [0, 0.1) is 0 Å². The Balaban J connectivity index is 1.55. The summed E-state index contributed by atoms with van der Waals surface area (Å²) in [6.45, 7) is 3.82. The first-order valence-corrected chi connectivity index (χ1v) is 11.4. The summed E-state index contributed by atoms with van der Waals surface area (Å²) in [4.78, 5) is 46.3. The fraction of sp³-hybridized carbons (Fsp3) is 0.375. The molecule has 3 heterocycles. The van der Waals surface area contributed by atoms with Gasteiger partial charge in [0.1, 0.15) is 5.82 Å². The maximum atomic E-state index is 12.9. The minimum absolute atomic E-state index is 0.00236. The van der Waals surface area contributed by atoms with Gasteiger partial charge in [0.15, 0.2) is 0 Å². The van der Waals surface area contributed by atoms with E-state index in [2.05, 4.69) is 20.2 Å². The summed E-state index contributed by atoms with van der Waals surface area (Å²) in [5, 5.41) is 14.8. The zero-order chi connectivity index (χ0) is 23.9. The Hall–Kier alpha value is -3.79. The highest BCUT2D eigenvalue weighted by molar-refractivity contribution is 5.97. The van der Waals surface area contributed by atoms with Gasteiger partial charge in [-0.25, -0.2) is 4.98 Å². The molecule has 2 aromatic heterocycles. The van der Waals surface area contributed by atoms with Gasteiger partial charge >= 0.3 is 5.97 Å². The number of aromatic nitrogens is 3. The summed E-state index contributed by atoms with van der Waals surface area (Å²) in [7, 11) is 0. The molecule has 1 aliphatic heterocycles. The van der Waals surface area contributed by atoms with E-state index in [1.165, 1.54) is 0 Å². The van der Waals surface area contributed by atoms with Crippen molar-refractivity contribution in [1.82, 2.24) is 30.1 Å². The summed E-state index contributed by atoms with van der Waals surface area (Å²) in [5.41, 5.74) is 3.23. The van der Waals surface area contributed by atoms with Gasteiger partial charge in [0.25, 0.3) is 5.91 Å². The number of carbonyl (C=O) groups is 3. The maximum Gasteiger partial charge on any atom is 0.303 e. The summed E-state index contributed by atoms with van der Waals surface area (Å²) < 4.78 is 2.06. The molecule has 34 heavy (non-hydrogen) atoms. The molecule has 3 aromatic rings. The van der Waals surface area contributed by atoms with Crippen LogP contribution in [-0.4, -0.2) is 75.0 Å². The van der Waals surface area contributed by atoms with Crippen molar-refractivity contribution in [2.45, 2.75) is 25.8 Å². The second kappa shape index (κ2) is 10.9. The van der Waals surface area contributed by atoms with Gasteiger partial charge in [-0.05, 0) is 29.8 Å². The Labute approximate surface area is 197 Å². The van der Waals surface area contributed by atoms with Crippen molar-refractivity contribution in [2.24, 2.45) is 0 Å². The largest absolute Gasteiger partial charge is 0.481 e. The fourth-order valence-corrected chi connectivity index (χ4v) is 4.03. The number of nitrogens with zero attached hydrogens (tertiary/aromatic N) is 4. The number of carboxylic acid groups (broad SMARTS) is 1. The van der Waals surface area contributed by atoms with Crippen LogP contribution in [0.1, 0.15) is 34.6 Å². The molecule has 1 aliphatic rings. The highest BCUT2D eigenvalue weighted by atomic mass is 16.4. The zero-order valence-electron chi connectivity index (χ0n) is 18.9. The number of amides is 2. The smallest absolute Gasteiger partial charge is 0.303 e. The normalized spacial score (nSPS) is 13.7. The van der Waals surface area contributed by atoms with Gasteiger partial charge in [-0.1, -0.05) is 6.07 Å². The Morgan fingerprint density at radius 3 is 2.68 bits per heavy atom. The number of hydrogen-bond acceptors (Lipinski definition) is 6. The molecular weight excluding hydrogens is 436 g/mol. The molecule has 0 aliphatic carbocycles. The highest BCUT2D eigenvalue weighted by Gasteiger charge is 2.20. The van der Waals surface area contributed by atoms with Crippen LogP contribution in [0.4, 0.5) is 0 Å². The Bertz CT molecular complexity index is 1170. The predicted molar refractivity (Wildman–Crippen MR) is 125 cm³/mol. The third-order valence-electron chi connectivity index (χ3n) is 5.78. The van der Waals surface area contributed by atoms with E-state index in [0.717, 1.165) is 35.5 Å². The SMILES string of the molecule is O=C(O)CCC(=O)NCCc1nc2cc(C(=O)N3CCNCC3)ccc2n1Cc1cccnc1.